The van der Waals surface area contributed by atoms with E-state index < -0.39 is 0 Å². The molecule has 2 aliphatic rings. The van der Waals surface area contributed by atoms with E-state index in [1.807, 2.05) is 0 Å². The highest BCUT2D eigenvalue weighted by atomic mass is 16.6. The maximum Gasteiger partial charge on any atom is 0.104 e. The van der Waals surface area contributed by atoms with Crippen LogP contribution in [0, 0.1) is 11.3 Å². The highest BCUT2D eigenvalue weighted by molar-refractivity contribution is 5.04. The first-order valence-electron chi connectivity index (χ1n) is 9.12. The van der Waals surface area contributed by atoms with E-state index in [2.05, 4.69) is 27.4 Å². The molecule has 4 unspecified atom stereocenters. The van der Waals surface area contributed by atoms with Crippen LogP contribution < -0.4 is 0 Å². The van der Waals surface area contributed by atoms with Gasteiger partial charge in [-0.3, -0.25) is 0 Å². The van der Waals surface area contributed by atoms with Crippen LogP contribution in [-0.2, 0) is 18.9 Å². The maximum atomic E-state index is 6.05. The average Bonchev–Trinajstić information content (AvgIpc) is 3.42. The highest BCUT2D eigenvalue weighted by Gasteiger charge is 2.33. The Bertz CT molecular complexity index is 362. The maximum absolute atomic E-state index is 6.05. The van der Waals surface area contributed by atoms with Gasteiger partial charge in [0, 0.05) is 12.0 Å². The lowest BCUT2D eigenvalue weighted by atomic mass is 9.79. The summed E-state index contributed by atoms with van der Waals surface area (Å²) in [5.41, 5.74) is 1.28. The zero-order valence-electron chi connectivity index (χ0n) is 15.1. The molecule has 2 rings (SSSR count). The molecule has 2 fully saturated rings. The van der Waals surface area contributed by atoms with E-state index in [4.69, 9.17) is 18.9 Å². The van der Waals surface area contributed by atoms with Crippen molar-refractivity contribution in [1.82, 2.24) is 0 Å². The van der Waals surface area contributed by atoms with Crippen molar-refractivity contribution >= 4 is 0 Å². The zero-order valence-corrected chi connectivity index (χ0v) is 15.1. The summed E-state index contributed by atoms with van der Waals surface area (Å²) in [7, 11) is 0. The second kappa shape index (κ2) is 9.16. The van der Waals surface area contributed by atoms with Gasteiger partial charge >= 0.3 is 0 Å². The van der Waals surface area contributed by atoms with Crippen molar-refractivity contribution in [2.75, 3.05) is 39.6 Å². The van der Waals surface area contributed by atoms with Gasteiger partial charge in [0.15, 0.2) is 0 Å². The molecule has 4 atom stereocenters. The molecule has 0 aliphatic carbocycles. The average molecular weight is 326 g/mol. The number of epoxide rings is 2. The molecule has 0 radical (unpaired) electrons. The van der Waals surface area contributed by atoms with Gasteiger partial charge in [-0.1, -0.05) is 39.3 Å². The van der Waals surface area contributed by atoms with E-state index in [-0.39, 0.29) is 5.41 Å². The molecule has 0 aromatic carbocycles. The molecular formula is C19H34O4. The second-order valence-electron chi connectivity index (χ2n) is 7.44. The van der Waals surface area contributed by atoms with Crippen LogP contribution >= 0.6 is 0 Å². The van der Waals surface area contributed by atoms with Crippen LogP contribution in [0.15, 0.2) is 12.2 Å². The Balaban J connectivity index is 1.83. The van der Waals surface area contributed by atoms with Crippen molar-refractivity contribution in [1.29, 1.82) is 0 Å². The first-order valence-corrected chi connectivity index (χ1v) is 9.12. The van der Waals surface area contributed by atoms with E-state index in [1.165, 1.54) is 5.57 Å². The normalized spacial score (nSPS) is 26.6. The standard InChI is InChI=1S/C19H34O4/c1-5-15(3)9-20-13-19(6-2,14-21-10-18-12-23-18)8-16(4)7-17-11-22-17/h15,17-18H,4-14H2,1-3H3. The molecule has 2 saturated heterocycles. The number of hydrogen-bond acceptors (Lipinski definition) is 4. The summed E-state index contributed by atoms with van der Waals surface area (Å²) in [5, 5.41) is 0. The Labute approximate surface area is 141 Å². The zero-order chi connectivity index (χ0) is 16.7. The lowest BCUT2D eigenvalue weighted by molar-refractivity contribution is -0.0350. The molecule has 134 valence electrons. The Hall–Kier alpha value is -0.420. The van der Waals surface area contributed by atoms with Crippen molar-refractivity contribution < 1.29 is 18.9 Å². The minimum absolute atomic E-state index is 0.0221. The van der Waals surface area contributed by atoms with Gasteiger partial charge in [0.25, 0.3) is 0 Å². The molecule has 2 aliphatic heterocycles. The number of hydrogen-bond donors (Lipinski definition) is 0. The van der Waals surface area contributed by atoms with Crippen LogP contribution in [0.2, 0.25) is 0 Å². The molecule has 2 heterocycles. The fraction of sp³-hybridized carbons (Fsp3) is 0.895. The van der Waals surface area contributed by atoms with Crippen molar-refractivity contribution in [2.45, 2.75) is 58.7 Å². The predicted molar refractivity (Wildman–Crippen MR) is 91.7 cm³/mol. The van der Waals surface area contributed by atoms with Crippen LogP contribution in [0.4, 0.5) is 0 Å². The van der Waals surface area contributed by atoms with E-state index in [1.54, 1.807) is 0 Å². The predicted octanol–water partition coefficient (Wildman–Crippen LogP) is 3.60. The lowest BCUT2D eigenvalue weighted by Crippen LogP contribution is -2.34. The second-order valence-corrected chi connectivity index (χ2v) is 7.44. The molecule has 0 saturated carbocycles. The Kier molecular flexibility index (Phi) is 7.54. The number of ether oxygens (including phenoxy) is 4. The summed E-state index contributed by atoms with van der Waals surface area (Å²) < 4.78 is 22.6. The summed E-state index contributed by atoms with van der Waals surface area (Å²) in [4.78, 5) is 0. The third-order valence-electron chi connectivity index (χ3n) is 4.92. The quantitative estimate of drug-likeness (QED) is 0.361. The summed E-state index contributed by atoms with van der Waals surface area (Å²) in [5.74, 6) is 0.605. The first kappa shape index (κ1) is 18.9. The van der Waals surface area contributed by atoms with Crippen molar-refractivity contribution in [3.05, 3.63) is 12.2 Å². The fourth-order valence-corrected chi connectivity index (χ4v) is 2.75. The Morgan fingerprint density at radius 1 is 1.17 bits per heavy atom. The van der Waals surface area contributed by atoms with Crippen LogP contribution in [-0.4, -0.2) is 51.8 Å². The topological polar surface area (TPSA) is 43.5 Å². The van der Waals surface area contributed by atoms with E-state index in [0.717, 1.165) is 52.1 Å². The molecule has 0 N–H and O–H groups in total. The number of rotatable bonds is 14. The molecule has 0 spiro atoms. The van der Waals surface area contributed by atoms with Crippen molar-refractivity contribution in [3.63, 3.8) is 0 Å². The molecule has 4 heteroatoms. The van der Waals surface area contributed by atoms with E-state index in [9.17, 15) is 0 Å². The fourth-order valence-electron chi connectivity index (χ4n) is 2.75. The van der Waals surface area contributed by atoms with Gasteiger partial charge in [0.1, 0.15) is 6.10 Å². The van der Waals surface area contributed by atoms with Gasteiger partial charge in [-0.05, 0) is 25.2 Å². The Morgan fingerprint density at radius 3 is 2.39 bits per heavy atom. The largest absolute Gasteiger partial charge is 0.380 e. The Morgan fingerprint density at radius 2 is 1.83 bits per heavy atom. The first-order chi connectivity index (χ1) is 11.1. The van der Waals surface area contributed by atoms with Crippen LogP contribution in [0.3, 0.4) is 0 Å². The van der Waals surface area contributed by atoms with Crippen LogP contribution in [0.25, 0.3) is 0 Å². The lowest BCUT2D eigenvalue weighted by Gasteiger charge is -2.33. The van der Waals surface area contributed by atoms with Crippen LogP contribution in [0.5, 0.6) is 0 Å². The molecule has 0 aromatic heterocycles. The van der Waals surface area contributed by atoms with Gasteiger partial charge in [0.2, 0.25) is 0 Å². The van der Waals surface area contributed by atoms with Gasteiger partial charge in [-0.25, -0.2) is 0 Å². The van der Waals surface area contributed by atoms with Gasteiger partial charge in [-0.2, -0.15) is 0 Å². The summed E-state index contributed by atoms with van der Waals surface area (Å²) in [6, 6.07) is 0. The minimum atomic E-state index is 0.0221. The minimum Gasteiger partial charge on any atom is -0.380 e. The van der Waals surface area contributed by atoms with Gasteiger partial charge in [0.05, 0.1) is 39.1 Å². The molecular weight excluding hydrogens is 292 g/mol. The molecule has 0 amide bonds. The van der Waals surface area contributed by atoms with E-state index in [0.29, 0.717) is 31.3 Å². The highest BCUT2D eigenvalue weighted by Crippen LogP contribution is 2.34. The van der Waals surface area contributed by atoms with Crippen LogP contribution in [0.1, 0.15) is 46.5 Å². The van der Waals surface area contributed by atoms with Gasteiger partial charge in [-0.15, -0.1) is 0 Å². The summed E-state index contributed by atoms with van der Waals surface area (Å²) >= 11 is 0. The van der Waals surface area contributed by atoms with Crippen molar-refractivity contribution in [2.24, 2.45) is 11.3 Å². The smallest absolute Gasteiger partial charge is 0.104 e. The molecule has 0 bridgehead atoms. The molecule has 23 heavy (non-hydrogen) atoms. The molecule has 0 aromatic rings. The van der Waals surface area contributed by atoms with E-state index >= 15 is 0 Å². The SMILES string of the molecule is C=C(CC1CO1)CC(CC)(COCC(C)CC)COCC1CO1. The summed E-state index contributed by atoms with van der Waals surface area (Å²) in [6.45, 7) is 15.6. The third-order valence-corrected chi connectivity index (χ3v) is 4.92. The summed E-state index contributed by atoms with van der Waals surface area (Å²) in [6.07, 6.45) is 4.82. The monoisotopic (exact) mass is 326 g/mol. The third kappa shape index (κ3) is 7.34. The van der Waals surface area contributed by atoms with Gasteiger partial charge < -0.3 is 18.9 Å². The molecule has 4 nitrogen and oxygen atoms in total. The van der Waals surface area contributed by atoms with Crippen molar-refractivity contribution in [3.8, 4) is 0 Å².